The number of methoxy groups -OCH3 is 1. The number of piperazine rings is 1. The number of rotatable bonds is 4. The molecule has 0 aliphatic carbocycles. The minimum Gasteiger partial charge on any atom is -0.497 e. The normalized spacial score (nSPS) is 14.7. The number of hydrogen-bond acceptors (Lipinski definition) is 7. The minimum atomic E-state index is 0.605. The van der Waals surface area contributed by atoms with Crippen LogP contribution in [0.5, 0.6) is 5.75 Å². The summed E-state index contributed by atoms with van der Waals surface area (Å²) in [4.78, 5) is 13.0. The van der Waals surface area contributed by atoms with E-state index in [1.807, 2.05) is 19.2 Å². The molecule has 3 rings (SSSR count). The van der Waals surface area contributed by atoms with Crippen LogP contribution in [-0.4, -0.2) is 50.3 Å². The molecular formula is C16H22N6O. The molecular weight excluding hydrogens is 292 g/mol. The number of benzene rings is 1. The van der Waals surface area contributed by atoms with E-state index in [4.69, 9.17) is 10.5 Å². The Morgan fingerprint density at radius 2 is 1.70 bits per heavy atom. The fourth-order valence-electron chi connectivity index (χ4n) is 2.81. The fraction of sp³-hybridized carbons (Fsp3) is 0.375. The molecule has 0 unspecified atom stereocenters. The van der Waals surface area contributed by atoms with Gasteiger partial charge >= 0.3 is 0 Å². The summed E-state index contributed by atoms with van der Waals surface area (Å²) in [5, 5.41) is 3.00. The van der Waals surface area contributed by atoms with E-state index in [-0.39, 0.29) is 0 Å². The molecule has 1 fully saturated rings. The fourth-order valence-corrected chi connectivity index (χ4v) is 2.81. The van der Waals surface area contributed by atoms with Crippen molar-refractivity contribution in [3.63, 3.8) is 0 Å². The highest BCUT2D eigenvalue weighted by Crippen LogP contribution is 2.27. The maximum atomic E-state index is 6.15. The van der Waals surface area contributed by atoms with E-state index in [2.05, 4.69) is 37.2 Å². The van der Waals surface area contributed by atoms with E-state index in [1.165, 1.54) is 5.69 Å². The van der Waals surface area contributed by atoms with Crippen molar-refractivity contribution >= 4 is 23.0 Å². The Labute approximate surface area is 136 Å². The summed E-state index contributed by atoms with van der Waals surface area (Å²) in [6.45, 7) is 3.59. The van der Waals surface area contributed by atoms with Crippen LogP contribution in [0.2, 0.25) is 0 Å². The molecule has 23 heavy (non-hydrogen) atoms. The summed E-state index contributed by atoms with van der Waals surface area (Å²) in [6, 6.07) is 8.16. The highest BCUT2D eigenvalue weighted by molar-refractivity contribution is 5.75. The maximum Gasteiger partial charge on any atom is 0.157 e. The Balaban J connectivity index is 1.68. The molecule has 1 saturated heterocycles. The predicted octanol–water partition coefficient (Wildman–Crippen LogP) is 1.44. The van der Waals surface area contributed by atoms with Crippen LogP contribution in [0.15, 0.2) is 30.6 Å². The quantitative estimate of drug-likeness (QED) is 0.884. The second-order valence-electron chi connectivity index (χ2n) is 5.38. The average Bonchev–Trinajstić information content (AvgIpc) is 2.62. The van der Waals surface area contributed by atoms with Crippen LogP contribution in [0.4, 0.5) is 23.0 Å². The first-order valence-electron chi connectivity index (χ1n) is 7.65. The van der Waals surface area contributed by atoms with Gasteiger partial charge in [0.15, 0.2) is 11.6 Å². The summed E-state index contributed by atoms with van der Waals surface area (Å²) < 4.78 is 5.21. The second kappa shape index (κ2) is 6.60. The molecule has 3 N–H and O–H groups in total. The summed E-state index contributed by atoms with van der Waals surface area (Å²) in [7, 11) is 3.49. The molecule has 7 nitrogen and oxygen atoms in total. The van der Waals surface area contributed by atoms with Crippen LogP contribution < -0.4 is 25.6 Å². The van der Waals surface area contributed by atoms with E-state index in [9.17, 15) is 0 Å². The van der Waals surface area contributed by atoms with Gasteiger partial charge in [0.25, 0.3) is 0 Å². The van der Waals surface area contributed by atoms with Crippen LogP contribution in [0.3, 0.4) is 0 Å². The summed E-state index contributed by atoms with van der Waals surface area (Å²) in [5.41, 5.74) is 7.96. The molecule has 0 saturated carbocycles. The standard InChI is InChI=1S/C16H22N6O/c1-18-15-14(17)16(20-11-19-15)22-9-7-21(8-10-22)12-3-5-13(23-2)6-4-12/h3-6,11H,7-10,17H2,1-2H3,(H,18,19,20). The lowest BCUT2D eigenvalue weighted by molar-refractivity contribution is 0.415. The zero-order chi connectivity index (χ0) is 16.2. The molecule has 0 atom stereocenters. The number of nitrogens with two attached hydrogens (primary N) is 1. The molecule has 0 bridgehead atoms. The lowest BCUT2D eigenvalue weighted by Crippen LogP contribution is -2.47. The lowest BCUT2D eigenvalue weighted by atomic mass is 10.2. The highest BCUT2D eigenvalue weighted by Gasteiger charge is 2.21. The van der Waals surface area contributed by atoms with Crippen molar-refractivity contribution in [2.75, 3.05) is 61.2 Å². The van der Waals surface area contributed by atoms with E-state index < -0.39 is 0 Å². The zero-order valence-electron chi connectivity index (χ0n) is 13.5. The molecule has 0 radical (unpaired) electrons. The Morgan fingerprint density at radius 3 is 2.30 bits per heavy atom. The van der Waals surface area contributed by atoms with Crippen LogP contribution in [0.25, 0.3) is 0 Å². The van der Waals surface area contributed by atoms with E-state index >= 15 is 0 Å². The van der Waals surface area contributed by atoms with Crippen molar-refractivity contribution in [2.45, 2.75) is 0 Å². The number of hydrogen-bond donors (Lipinski definition) is 2. The molecule has 7 heteroatoms. The van der Waals surface area contributed by atoms with Gasteiger partial charge in [0.2, 0.25) is 0 Å². The van der Waals surface area contributed by atoms with Crippen molar-refractivity contribution < 1.29 is 4.74 Å². The Kier molecular flexibility index (Phi) is 4.36. The smallest absolute Gasteiger partial charge is 0.157 e. The number of nitrogens with zero attached hydrogens (tertiary/aromatic N) is 4. The second-order valence-corrected chi connectivity index (χ2v) is 5.38. The molecule has 1 aliphatic heterocycles. The molecule has 122 valence electrons. The van der Waals surface area contributed by atoms with E-state index in [0.29, 0.717) is 11.5 Å². The van der Waals surface area contributed by atoms with E-state index in [1.54, 1.807) is 13.4 Å². The molecule has 1 aromatic heterocycles. The Bertz CT molecular complexity index is 652. The zero-order valence-corrected chi connectivity index (χ0v) is 13.5. The number of anilines is 4. The van der Waals surface area contributed by atoms with Crippen LogP contribution in [-0.2, 0) is 0 Å². The minimum absolute atomic E-state index is 0.605. The van der Waals surface area contributed by atoms with Gasteiger partial charge in [-0.15, -0.1) is 0 Å². The Morgan fingerprint density at radius 1 is 1.04 bits per heavy atom. The molecule has 2 heterocycles. The number of nitrogen functional groups attached to an aromatic ring is 1. The van der Waals surface area contributed by atoms with Gasteiger partial charge in [-0.25, -0.2) is 9.97 Å². The highest BCUT2D eigenvalue weighted by atomic mass is 16.5. The van der Waals surface area contributed by atoms with Gasteiger partial charge in [-0.1, -0.05) is 0 Å². The van der Waals surface area contributed by atoms with Gasteiger partial charge in [-0.2, -0.15) is 0 Å². The van der Waals surface area contributed by atoms with Crippen molar-refractivity contribution in [2.24, 2.45) is 0 Å². The first-order valence-corrected chi connectivity index (χ1v) is 7.65. The van der Waals surface area contributed by atoms with Crippen molar-refractivity contribution in [1.82, 2.24) is 9.97 Å². The summed E-state index contributed by atoms with van der Waals surface area (Å²) in [5.74, 6) is 2.35. The first kappa shape index (κ1) is 15.2. The monoisotopic (exact) mass is 314 g/mol. The van der Waals surface area contributed by atoms with Gasteiger partial charge in [-0.05, 0) is 24.3 Å². The van der Waals surface area contributed by atoms with Gasteiger partial charge < -0.3 is 25.6 Å². The van der Waals surface area contributed by atoms with Gasteiger partial charge in [0.1, 0.15) is 17.8 Å². The van der Waals surface area contributed by atoms with Gasteiger partial charge in [0, 0.05) is 38.9 Å². The SMILES string of the molecule is CNc1ncnc(N2CCN(c3ccc(OC)cc3)CC2)c1N. The van der Waals surface area contributed by atoms with Crippen LogP contribution >= 0.6 is 0 Å². The predicted molar refractivity (Wildman–Crippen MR) is 93.4 cm³/mol. The van der Waals surface area contributed by atoms with Crippen LogP contribution in [0, 0.1) is 0 Å². The number of aromatic nitrogens is 2. The molecule has 0 spiro atoms. The topological polar surface area (TPSA) is 79.5 Å². The summed E-state index contributed by atoms with van der Waals surface area (Å²) in [6.07, 6.45) is 1.55. The van der Waals surface area contributed by atoms with Crippen molar-refractivity contribution in [3.8, 4) is 5.75 Å². The molecule has 1 aromatic carbocycles. The number of ether oxygens (including phenoxy) is 1. The van der Waals surface area contributed by atoms with Crippen LogP contribution in [0.1, 0.15) is 0 Å². The summed E-state index contributed by atoms with van der Waals surface area (Å²) >= 11 is 0. The number of nitrogens with one attached hydrogen (secondary N) is 1. The largest absolute Gasteiger partial charge is 0.497 e. The third kappa shape index (κ3) is 3.08. The molecule has 1 aliphatic rings. The molecule has 0 amide bonds. The Hall–Kier alpha value is -2.70. The van der Waals surface area contributed by atoms with Gasteiger partial charge in [-0.3, -0.25) is 0 Å². The lowest BCUT2D eigenvalue weighted by Gasteiger charge is -2.37. The average molecular weight is 314 g/mol. The maximum absolute atomic E-state index is 6.15. The molecule has 2 aromatic rings. The third-order valence-electron chi connectivity index (χ3n) is 4.12. The van der Waals surface area contributed by atoms with Gasteiger partial charge in [0.05, 0.1) is 7.11 Å². The van der Waals surface area contributed by atoms with Crippen molar-refractivity contribution in [1.29, 1.82) is 0 Å². The third-order valence-corrected chi connectivity index (χ3v) is 4.12. The van der Waals surface area contributed by atoms with Crippen molar-refractivity contribution in [3.05, 3.63) is 30.6 Å². The first-order chi connectivity index (χ1) is 11.2. The van der Waals surface area contributed by atoms with E-state index in [0.717, 1.165) is 37.7 Å².